The Balaban J connectivity index is 0.00000208. The summed E-state index contributed by atoms with van der Waals surface area (Å²) in [4.78, 5) is 27.6. The molecule has 2 amide bonds. The van der Waals surface area contributed by atoms with Gasteiger partial charge in [-0.2, -0.15) is 0 Å². The first-order valence-electron chi connectivity index (χ1n) is 8.26. The van der Waals surface area contributed by atoms with Crippen LogP contribution in [0.3, 0.4) is 0 Å². The number of benzene rings is 1. The molecule has 0 spiro atoms. The summed E-state index contributed by atoms with van der Waals surface area (Å²) in [5, 5.41) is 3.28. The Morgan fingerprint density at radius 3 is 2.83 bits per heavy atom. The van der Waals surface area contributed by atoms with E-state index in [1.54, 1.807) is 4.90 Å². The first-order valence-corrected chi connectivity index (χ1v) is 8.26. The number of hydrogen-bond acceptors (Lipinski definition) is 4. The topological polar surface area (TPSA) is 61.9 Å². The van der Waals surface area contributed by atoms with Gasteiger partial charge >= 0.3 is 0 Å². The van der Waals surface area contributed by atoms with E-state index in [1.165, 1.54) is 0 Å². The second-order valence-corrected chi connectivity index (χ2v) is 5.92. The minimum atomic E-state index is 0. The molecule has 0 atom stereocenters. The Morgan fingerprint density at radius 1 is 1.17 bits per heavy atom. The SMILES string of the molecule is Cl.O=C(COc1cccc(N2CCCC2=O)c1)N1CCCNCC1. The lowest BCUT2D eigenvalue weighted by atomic mass is 10.3. The normalized spacial score (nSPS) is 18.1. The maximum atomic E-state index is 12.2. The predicted molar refractivity (Wildman–Crippen MR) is 94.8 cm³/mol. The monoisotopic (exact) mass is 353 g/mol. The van der Waals surface area contributed by atoms with Crippen molar-refractivity contribution < 1.29 is 14.3 Å². The number of carbonyl (C=O) groups excluding carboxylic acids is 2. The number of amides is 2. The van der Waals surface area contributed by atoms with E-state index in [0.29, 0.717) is 12.2 Å². The van der Waals surface area contributed by atoms with Crippen molar-refractivity contribution in [2.75, 3.05) is 44.2 Å². The van der Waals surface area contributed by atoms with Crippen LogP contribution in [0.1, 0.15) is 19.3 Å². The highest BCUT2D eigenvalue weighted by atomic mass is 35.5. The van der Waals surface area contributed by atoms with Crippen molar-refractivity contribution in [3.63, 3.8) is 0 Å². The van der Waals surface area contributed by atoms with Gasteiger partial charge in [-0.25, -0.2) is 0 Å². The van der Waals surface area contributed by atoms with Crippen LogP contribution in [0.2, 0.25) is 0 Å². The van der Waals surface area contributed by atoms with Gasteiger partial charge in [0, 0.05) is 44.4 Å². The van der Waals surface area contributed by atoms with Gasteiger partial charge in [0.15, 0.2) is 6.61 Å². The fourth-order valence-electron chi connectivity index (χ4n) is 2.99. The van der Waals surface area contributed by atoms with Crippen LogP contribution >= 0.6 is 12.4 Å². The second kappa shape index (κ2) is 8.89. The summed E-state index contributed by atoms with van der Waals surface area (Å²) >= 11 is 0. The lowest BCUT2D eigenvalue weighted by Crippen LogP contribution is -2.37. The van der Waals surface area contributed by atoms with E-state index in [0.717, 1.165) is 51.3 Å². The smallest absolute Gasteiger partial charge is 0.260 e. The highest BCUT2D eigenvalue weighted by Crippen LogP contribution is 2.25. The largest absolute Gasteiger partial charge is 0.484 e. The summed E-state index contributed by atoms with van der Waals surface area (Å²) in [6.07, 6.45) is 2.47. The van der Waals surface area contributed by atoms with Crippen LogP contribution in [0.5, 0.6) is 5.75 Å². The molecule has 0 unspecified atom stereocenters. The number of ether oxygens (including phenoxy) is 1. The molecular formula is C17H24ClN3O3. The van der Waals surface area contributed by atoms with Crippen LogP contribution in [-0.4, -0.2) is 56.0 Å². The number of nitrogens with one attached hydrogen (secondary N) is 1. The molecular weight excluding hydrogens is 330 g/mol. The van der Waals surface area contributed by atoms with E-state index in [2.05, 4.69) is 5.32 Å². The molecule has 3 rings (SSSR count). The quantitative estimate of drug-likeness (QED) is 0.889. The zero-order chi connectivity index (χ0) is 16.1. The number of rotatable bonds is 4. The van der Waals surface area contributed by atoms with Crippen molar-refractivity contribution in [3.05, 3.63) is 24.3 Å². The molecule has 0 aromatic heterocycles. The molecule has 2 heterocycles. The number of anilines is 1. The Morgan fingerprint density at radius 2 is 2.04 bits per heavy atom. The molecule has 0 bridgehead atoms. The molecule has 2 aliphatic rings. The second-order valence-electron chi connectivity index (χ2n) is 5.92. The molecule has 6 nitrogen and oxygen atoms in total. The first kappa shape index (κ1) is 18.5. The highest BCUT2D eigenvalue weighted by Gasteiger charge is 2.22. The van der Waals surface area contributed by atoms with Gasteiger partial charge in [-0.3, -0.25) is 9.59 Å². The van der Waals surface area contributed by atoms with Gasteiger partial charge in [-0.05, 0) is 31.5 Å². The van der Waals surface area contributed by atoms with Gasteiger partial charge in [-0.15, -0.1) is 12.4 Å². The first-order chi connectivity index (χ1) is 11.2. The summed E-state index contributed by atoms with van der Waals surface area (Å²) in [6, 6.07) is 7.41. The molecule has 132 valence electrons. The minimum absolute atomic E-state index is 0. The average Bonchev–Trinajstić information content (AvgIpc) is 2.83. The van der Waals surface area contributed by atoms with E-state index >= 15 is 0 Å². The lowest BCUT2D eigenvalue weighted by molar-refractivity contribution is -0.133. The molecule has 7 heteroatoms. The third kappa shape index (κ3) is 4.61. The molecule has 2 fully saturated rings. The molecule has 0 radical (unpaired) electrons. The molecule has 0 saturated carbocycles. The lowest BCUT2D eigenvalue weighted by Gasteiger charge is -2.20. The average molecular weight is 354 g/mol. The minimum Gasteiger partial charge on any atom is -0.484 e. The summed E-state index contributed by atoms with van der Waals surface area (Å²) in [7, 11) is 0. The van der Waals surface area contributed by atoms with E-state index in [-0.39, 0.29) is 30.8 Å². The summed E-state index contributed by atoms with van der Waals surface area (Å²) in [5.41, 5.74) is 0.844. The Kier molecular flexibility index (Phi) is 6.87. The molecule has 1 N–H and O–H groups in total. The molecule has 0 aliphatic carbocycles. The summed E-state index contributed by atoms with van der Waals surface area (Å²) < 4.78 is 5.65. The standard InChI is InChI=1S/C17H23N3O3.ClH/c21-16-6-2-10-20(16)14-4-1-5-15(12-14)23-13-17(22)19-9-3-7-18-8-11-19;/h1,4-5,12,18H,2-3,6-11,13H2;1H. The molecule has 24 heavy (non-hydrogen) atoms. The fourth-order valence-corrected chi connectivity index (χ4v) is 2.99. The fraction of sp³-hybridized carbons (Fsp3) is 0.529. The number of nitrogens with zero attached hydrogens (tertiary/aromatic N) is 2. The zero-order valence-electron chi connectivity index (χ0n) is 13.7. The van der Waals surface area contributed by atoms with E-state index < -0.39 is 0 Å². The van der Waals surface area contributed by atoms with Gasteiger partial charge in [-0.1, -0.05) is 6.07 Å². The van der Waals surface area contributed by atoms with Gasteiger partial charge in [0.1, 0.15) is 5.75 Å². The molecule has 2 aliphatic heterocycles. The van der Waals surface area contributed by atoms with Gasteiger partial charge in [0.25, 0.3) is 5.91 Å². The van der Waals surface area contributed by atoms with Crippen molar-refractivity contribution >= 4 is 29.9 Å². The molecule has 2 saturated heterocycles. The highest BCUT2D eigenvalue weighted by molar-refractivity contribution is 5.95. The zero-order valence-corrected chi connectivity index (χ0v) is 14.5. The summed E-state index contributed by atoms with van der Waals surface area (Å²) in [5.74, 6) is 0.787. The molecule has 1 aromatic carbocycles. The van der Waals surface area contributed by atoms with E-state index in [1.807, 2.05) is 29.2 Å². The van der Waals surface area contributed by atoms with Crippen molar-refractivity contribution in [3.8, 4) is 5.75 Å². The summed E-state index contributed by atoms with van der Waals surface area (Å²) in [6.45, 7) is 4.08. The van der Waals surface area contributed by atoms with E-state index in [9.17, 15) is 9.59 Å². The van der Waals surface area contributed by atoms with Crippen molar-refractivity contribution in [2.45, 2.75) is 19.3 Å². The Labute approximate surface area is 148 Å². The van der Waals surface area contributed by atoms with Crippen LogP contribution < -0.4 is 15.0 Å². The Hall–Kier alpha value is -1.79. The van der Waals surface area contributed by atoms with Crippen LogP contribution in [0.4, 0.5) is 5.69 Å². The number of halogens is 1. The van der Waals surface area contributed by atoms with Crippen LogP contribution in [0.25, 0.3) is 0 Å². The van der Waals surface area contributed by atoms with Crippen molar-refractivity contribution in [1.29, 1.82) is 0 Å². The Bertz CT molecular complexity index is 574. The maximum absolute atomic E-state index is 12.2. The molecule has 1 aromatic rings. The van der Waals surface area contributed by atoms with Crippen LogP contribution in [0, 0.1) is 0 Å². The van der Waals surface area contributed by atoms with Crippen LogP contribution in [0.15, 0.2) is 24.3 Å². The predicted octanol–water partition coefficient (Wildman–Crippen LogP) is 1.44. The number of hydrogen-bond donors (Lipinski definition) is 1. The third-order valence-corrected chi connectivity index (χ3v) is 4.26. The number of carbonyl (C=O) groups is 2. The van der Waals surface area contributed by atoms with Gasteiger partial charge < -0.3 is 19.9 Å². The third-order valence-electron chi connectivity index (χ3n) is 4.26. The van der Waals surface area contributed by atoms with Crippen molar-refractivity contribution in [1.82, 2.24) is 10.2 Å². The van der Waals surface area contributed by atoms with Gasteiger partial charge in [0.05, 0.1) is 0 Å². The van der Waals surface area contributed by atoms with Gasteiger partial charge in [0.2, 0.25) is 5.91 Å². The van der Waals surface area contributed by atoms with E-state index in [4.69, 9.17) is 4.74 Å². The maximum Gasteiger partial charge on any atom is 0.260 e. The van der Waals surface area contributed by atoms with Crippen molar-refractivity contribution in [2.24, 2.45) is 0 Å². The van der Waals surface area contributed by atoms with Crippen LogP contribution in [-0.2, 0) is 9.59 Å².